The van der Waals surface area contributed by atoms with E-state index in [2.05, 4.69) is 10.7 Å². The van der Waals surface area contributed by atoms with Crippen molar-refractivity contribution in [1.82, 2.24) is 10.4 Å². The van der Waals surface area contributed by atoms with Gasteiger partial charge in [-0.2, -0.15) is 5.01 Å². The molecule has 0 spiro atoms. The van der Waals surface area contributed by atoms with Crippen molar-refractivity contribution in [1.29, 1.82) is 0 Å². The highest BCUT2D eigenvalue weighted by Crippen LogP contribution is 2.60. The number of ether oxygens (including phenoxy) is 3. The van der Waals surface area contributed by atoms with Gasteiger partial charge in [0.25, 0.3) is 11.8 Å². The number of para-hydroxylation sites is 2. The third-order valence-corrected chi connectivity index (χ3v) is 10.1. The van der Waals surface area contributed by atoms with Gasteiger partial charge in [0.05, 0.1) is 30.2 Å². The van der Waals surface area contributed by atoms with E-state index >= 15 is 0 Å². The maximum absolute atomic E-state index is 13.5. The fourth-order valence-electron chi connectivity index (χ4n) is 7.30. The number of benzene rings is 2. The highest BCUT2D eigenvalue weighted by atomic mass is 32.2. The molecule has 9 nitrogen and oxygen atoms in total. The molecule has 2 N–H and O–H groups in total. The number of thioether (sulfide) groups is 1. The second kappa shape index (κ2) is 11.6. The van der Waals surface area contributed by atoms with Gasteiger partial charge in [-0.05, 0) is 104 Å². The zero-order chi connectivity index (χ0) is 29.4. The summed E-state index contributed by atoms with van der Waals surface area (Å²) >= 11 is 6.64. The van der Waals surface area contributed by atoms with Crippen molar-refractivity contribution in [2.45, 2.75) is 38.5 Å². The average Bonchev–Trinajstić information content (AvgIpc) is 3.23. The van der Waals surface area contributed by atoms with Crippen molar-refractivity contribution in [2.24, 2.45) is 23.2 Å². The summed E-state index contributed by atoms with van der Waals surface area (Å²) in [6.07, 6.45) is 8.14. The largest absolute Gasteiger partial charge is 0.495 e. The van der Waals surface area contributed by atoms with Gasteiger partial charge in [0.15, 0.2) is 22.4 Å². The smallest absolute Gasteiger partial charge is 0.285 e. The van der Waals surface area contributed by atoms with Crippen molar-refractivity contribution in [3.05, 3.63) is 52.9 Å². The maximum atomic E-state index is 13.5. The van der Waals surface area contributed by atoms with Gasteiger partial charge in [-0.25, -0.2) is 0 Å². The summed E-state index contributed by atoms with van der Waals surface area (Å²) in [5.74, 6) is 2.41. The Kier molecular flexibility index (Phi) is 7.89. The van der Waals surface area contributed by atoms with Crippen LogP contribution in [0.25, 0.3) is 6.08 Å². The second-order valence-electron chi connectivity index (χ2n) is 11.6. The van der Waals surface area contributed by atoms with E-state index in [4.69, 9.17) is 26.4 Å². The Morgan fingerprint density at radius 3 is 2.33 bits per heavy atom. The number of hydrogen-bond acceptors (Lipinski definition) is 8. The topological polar surface area (TPSA) is 106 Å². The molecule has 42 heavy (non-hydrogen) atoms. The standard InChI is InChI=1S/C31H33N3O6S2/c1-38-23-6-4-3-5-22(23)32-27(35)17-40-24-8-7-18(12-25(24)39-2)13-26-28(36)34(30(41)42-26)33-29(37)31-14-19-9-20(15-31)11-21(10-19)16-31/h3-8,12-13,19-21H,9-11,14-17H2,1-2H3,(H,32,35)(H,33,37)/b26-13-. The first-order valence-corrected chi connectivity index (χ1v) is 15.3. The Morgan fingerprint density at radius 1 is 1.00 bits per heavy atom. The van der Waals surface area contributed by atoms with E-state index in [-0.39, 0.29) is 29.7 Å². The average molecular weight is 608 g/mol. The van der Waals surface area contributed by atoms with Crippen LogP contribution in [0.3, 0.4) is 0 Å². The summed E-state index contributed by atoms with van der Waals surface area (Å²) in [4.78, 5) is 39.7. The van der Waals surface area contributed by atoms with Gasteiger partial charge >= 0.3 is 0 Å². The summed E-state index contributed by atoms with van der Waals surface area (Å²) in [5, 5.41) is 3.99. The molecule has 0 radical (unpaired) electrons. The lowest BCUT2D eigenvalue weighted by Crippen LogP contribution is -2.57. The number of carbonyl (C=O) groups excluding carboxylic acids is 3. The number of thiocarbonyl (C=S) groups is 1. The molecule has 0 atom stereocenters. The van der Waals surface area contributed by atoms with Crippen molar-refractivity contribution < 1.29 is 28.6 Å². The van der Waals surface area contributed by atoms with Crippen molar-refractivity contribution in [3.8, 4) is 17.2 Å². The van der Waals surface area contributed by atoms with Gasteiger partial charge in [-0.15, -0.1) is 0 Å². The van der Waals surface area contributed by atoms with E-state index in [1.807, 2.05) is 6.07 Å². The summed E-state index contributed by atoms with van der Waals surface area (Å²) in [5.41, 5.74) is 3.74. The Balaban J connectivity index is 1.09. The maximum Gasteiger partial charge on any atom is 0.285 e. The SMILES string of the molecule is COc1ccccc1NC(=O)COc1ccc(/C=C2\SC(=S)N(NC(=O)C34CC5CC(CC(C5)C3)C4)C2=O)cc1OC. The lowest BCUT2D eigenvalue weighted by Gasteiger charge is -2.55. The molecular formula is C31H33N3O6S2. The first-order valence-electron chi connectivity index (χ1n) is 14.1. The fourth-order valence-corrected chi connectivity index (χ4v) is 8.47. The summed E-state index contributed by atoms with van der Waals surface area (Å²) in [6.45, 7) is -0.240. The fraction of sp³-hybridized carbons (Fsp3) is 0.419. The molecule has 5 fully saturated rings. The van der Waals surface area contributed by atoms with E-state index in [0.29, 0.717) is 55.5 Å². The van der Waals surface area contributed by atoms with Gasteiger partial charge < -0.3 is 19.5 Å². The zero-order valence-corrected chi connectivity index (χ0v) is 25.1. The Bertz CT molecular complexity index is 1440. The monoisotopic (exact) mass is 607 g/mol. The molecular weight excluding hydrogens is 574 g/mol. The van der Waals surface area contributed by atoms with E-state index in [1.54, 1.807) is 42.5 Å². The Hall–Kier alpha value is -3.57. The predicted molar refractivity (Wildman–Crippen MR) is 164 cm³/mol. The van der Waals surface area contributed by atoms with E-state index in [1.165, 1.54) is 38.5 Å². The minimum Gasteiger partial charge on any atom is -0.495 e. The zero-order valence-electron chi connectivity index (χ0n) is 23.5. The predicted octanol–water partition coefficient (Wildman–Crippen LogP) is 5.17. The third-order valence-electron chi connectivity index (χ3n) is 8.75. The van der Waals surface area contributed by atoms with Gasteiger partial charge in [-0.1, -0.05) is 30.0 Å². The van der Waals surface area contributed by atoms with Crippen LogP contribution < -0.4 is 25.0 Å². The highest BCUT2D eigenvalue weighted by molar-refractivity contribution is 8.26. The number of methoxy groups -OCH3 is 2. The van der Waals surface area contributed by atoms with Crippen LogP contribution in [0.5, 0.6) is 17.2 Å². The first kappa shape index (κ1) is 28.5. The minimum atomic E-state index is -0.380. The number of rotatable bonds is 9. The van der Waals surface area contributed by atoms with Crippen molar-refractivity contribution in [2.75, 3.05) is 26.1 Å². The van der Waals surface area contributed by atoms with Crippen molar-refractivity contribution >= 4 is 57.8 Å². The molecule has 4 bridgehead atoms. The number of amides is 3. The molecule has 2 aromatic carbocycles. The first-order chi connectivity index (χ1) is 20.3. The molecule has 5 aliphatic rings. The van der Waals surface area contributed by atoms with Crippen LogP contribution in [-0.4, -0.2) is 47.9 Å². The number of anilines is 1. The van der Waals surface area contributed by atoms with Crippen LogP contribution in [0.1, 0.15) is 44.1 Å². The van der Waals surface area contributed by atoms with E-state index < -0.39 is 0 Å². The van der Waals surface area contributed by atoms with Crippen LogP contribution in [0.15, 0.2) is 47.4 Å². The number of hydrazine groups is 1. The quantitative estimate of drug-likeness (QED) is 0.297. The van der Waals surface area contributed by atoms with Gasteiger partial charge in [-0.3, -0.25) is 19.8 Å². The van der Waals surface area contributed by atoms with E-state index in [0.717, 1.165) is 31.0 Å². The van der Waals surface area contributed by atoms with Crippen molar-refractivity contribution in [3.63, 3.8) is 0 Å². The summed E-state index contributed by atoms with van der Waals surface area (Å²) in [7, 11) is 3.03. The molecule has 1 saturated heterocycles. The molecule has 7 rings (SSSR count). The molecule has 3 amide bonds. The highest BCUT2D eigenvalue weighted by Gasteiger charge is 2.55. The van der Waals surface area contributed by atoms with Gasteiger partial charge in [0.2, 0.25) is 5.91 Å². The van der Waals surface area contributed by atoms with Crippen LogP contribution in [0.2, 0.25) is 0 Å². The van der Waals surface area contributed by atoms with E-state index in [9.17, 15) is 14.4 Å². The molecule has 0 unspecified atom stereocenters. The Labute approximate surface area is 254 Å². The molecule has 1 heterocycles. The third kappa shape index (κ3) is 5.59. The minimum absolute atomic E-state index is 0.0722. The number of nitrogens with one attached hydrogen (secondary N) is 2. The number of nitrogens with zero attached hydrogens (tertiary/aromatic N) is 1. The normalized spacial score (nSPS) is 26.9. The van der Waals surface area contributed by atoms with Gasteiger partial charge in [0, 0.05) is 0 Å². The molecule has 220 valence electrons. The van der Waals surface area contributed by atoms with Crippen LogP contribution in [-0.2, 0) is 14.4 Å². The Morgan fingerprint density at radius 2 is 1.67 bits per heavy atom. The lowest BCUT2D eigenvalue weighted by molar-refractivity contribution is -0.152. The summed E-state index contributed by atoms with van der Waals surface area (Å²) < 4.78 is 16.8. The molecule has 0 aromatic heterocycles. The second-order valence-corrected chi connectivity index (χ2v) is 13.3. The van der Waals surface area contributed by atoms with Crippen LogP contribution in [0, 0.1) is 23.2 Å². The van der Waals surface area contributed by atoms with Crippen LogP contribution in [0.4, 0.5) is 5.69 Å². The molecule has 11 heteroatoms. The molecule has 4 saturated carbocycles. The number of carbonyl (C=O) groups is 3. The molecule has 4 aliphatic carbocycles. The van der Waals surface area contributed by atoms with Gasteiger partial charge in [0.1, 0.15) is 5.75 Å². The van der Waals surface area contributed by atoms with Crippen LogP contribution >= 0.6 is 24.0 Å². The molecule has 2 aromatic rings. The lowest BCUT2D eigenvalue weighted by atomic mass is 9.49. The number of hydrogen-bond donors (Lipinski definition) is 2. The summed E-state index contributed by atoms with van der Waals surface area (Å²) in [6, 6.07) is 12.3. The molecule has 1 aliphatic heterocycles.